The lowest BCUT2D eigenvalue weighted by Crippen LogP contribution is -2.45. The van der Waals surface area contributed by atoms with Crippen molar-refractivity contribution in [3.63, 3.8) is 0 Å². The first-order valence-electron chi connectivity index (χ1n) is 9.01. The maximum atomic E-state index is 9.10. The van der Waals surface area contributed by atoms with E-state index in [-0.39, 0.29) is 0 Å². The number of aliphatic carboxylic acids is 2. The lowest BCUT2D eigenvalue weighted by molar-refractivity contribution is -0.159. The van der Waals surface area contributed by atoms with E-state index < -0.39 is 11.9 Å². The van der Waals surface area contributed by atoms with Gasteiger partial charge in [0.2, 0.25) is 0 Å². The molecule has 0 amide bonds. The van der Waals surface area contributed by atoms with Crippen molar-refractivity contribution in [2.75, 3.05) is 33.3 Å². The van der Waals surface area contributed by atoms with Gasteiger partial charge in [-0.1, -0.05) is 22.0 Å². The molecule has 0 unspecified atom stereocenters. The summed E-state index contributed by atoms with van der Waals surface area (Å²) in [4.78, 5) is 27.4. The van der Waals surface area contributed by atoms with Crippen LogP contribution in [0, 0.1) is 0 Å². The molecule has 2 heterocycles. The Morgan fingerprint density at radius 3 is 2.21 bits per heavy atom. The highest BCUT2D eigenvalue weighted by atomic mass is 79.9. The SMILES string of the molecule is COc1ccc(Br)cc1CN1CCN(Cc2cccnc2)CC1.O=C(O)C(=O)O. The number of aromatic nitrogens is 1. The highest BCUT2D eigenvalue weighted by molar-refractivity contribution is 9.10. The molecule has 3 rings (SSSR count). The third-order valence-corrected chi connectivity index (χ3v) is 4.91. The predicted molar refractivity (Wildman–Crippen MR) is 111 cm³/mol. The minimum atomic E-state index is -1.82. The van der Waals surface area contributed by atoms with E-state index in [9.17, 15) is 0 Å². The van der Waals surface area contributed by atoms with Crippen molar-refractivity contribution in [2.24, 2.45) is 0 Å². The van der Waals surface area contributed by atoms with E-state index >= 15 is 0 Å². The molecule has 0 atom stereocenters. The molecule has 0 saturated carbocycles. The van der Waals surface area contributed by atoms with Gasteiger partial charge in [-0.2, -0.15) is 0 Å². The topological polar surface area (TPSA) is 103 Å². The Bertz CT molecular complexity index is 799. The Kier molecular flexibility index (Phi) is 9.04. The predicted octanol–water partition coefficient (Wildman–Crippen LogP) is 2.33. The van der Waals surface area contributed by atoms with Crippen LogP contribution in [0.25, 0.3) is 0 Å². The van der Waals surface area contributed by atoms with Gasteiger partial charge in [0, 0.05) is 61.7 Å². The van der Waals surface area contributed by atoms with Crippen molar-refractivity contribution in [1.29, 1.82) is 0 Å². The van der Waals surface area contributed by atoms with E-state index in [2.05, 4.69) is 42.8 Å². The standard InChI is InChI=1S/C18H22BrN3O.C2H2O4/c1-23-18-5-4-17(19)11-16(18)14-22-9-7-21(8-10-22)13-15-3-2-6-20-12-15;3-1(4)2(5)6/h2-6,11-12H,7-10,13-14H2,1H3;(H,3,4)(H,5,6). The van der Waals surface area contributed by atoms with Crippen LogP contribution in [0.3, 0.4) is 0 Å². The Hall–Kier alpha value is -2.49. The second-order valence-electron chi connectivity index (χ2n) is 6.48. The van der Waals surface area contributed by atoms with Crippen molar-refractivity contribution < 1.29 is 24.5 Å². The van der Waals surface area contributed by atoms with Crippen LogP contribution in [0.2, 0.25) is 0 Å². The normalized spacial score (nSPS) is 14.6. The zero-order chi connectivity index (χ0) is 21.2. The molecular formula is C20H24BrN3O5. The summed E-state index contributed by atoms with van der Waals surface area (Å²) < 4.78 is 6.58. The van der Waals surface area contributed by atoms with Crippen LogP contribution >= 0.6 is 15.9 Å². The van der Waals surface area contributed by atoms with Gasteiger partial charge in [0.1, 0.15) is 5.75 Å². The summed E-state index contributed by atoms with van der Waals surface area (Å²) in [7, 11) is 1.73. The molecule has 2 aromatic rings. The largest absolute Gasteiger partial charge is 0.496 e. The molecule has 8 nitrogen and oxygen atoms in total. The van der Waals surface area contributed by atoms with Crippen LogP contribution in [0.5, 0.6) is 5.75 Å². The molecule has 29 heavy (non-hydrogen) atoms. The first-order chi connectivity index (χ1) is 13.9. The van der Waals surface area contributed by atoms with Crippen LogP contribution in [-0.2, 0) is 22.7 Å². The molecular weight excluding hydrogens is 442 g/mol. The molecule has 0 bridgehead atoms. The fourth-order valence-corrected chi connectivity index (χ4v) is 3.38. The minimum Gasteiger partial charge on any atom is -0.496 e. The smallest absolute Gasteiger partial charge is 0.414 e. The molecule has 0 spiro atoms. The number of halogens is 1. The molecule has 1 aromatic heterocycles. The number of piperazine rings is 1. The van der Waals surface area contributed by atoms with E-state index in [0.717, 1.165) is 49.5 Å². The minimum absolute atomic E-state index is 0.934. The summed E-state index contributed by atoms with van der Waals surface area (Å²) in [5.41, 5.74) is 2.53. The summed E-state index contributed by atoms with van der Waals surface area (Å²) in [5, 5.41) is 14.8. The highest BCUT2D eigenvalue weighted by Gasteiger charge is 2.18. The number of pyridine rings is 1. The Morgan fingerprint density at radius 1 is 1.07 bits per heavy atom. The van der Waals surface area contributed by atoms with E-state index in [1.165, 1.54) is 11.1 Å². The van der Waals surface area contributed by atoms with Crippen molar-refractivity contribution in [2.45, 2.75) is 13.1 Å². The maximum absolute atomic E-state index is 9.10. The van der Waals surface area contributed by atoms with Gasteiger partial charge in [0.15, 0.2) is 0 Å². The summed E-state index contributed by atoms with van der Waals surface area (Å²) in [6.07, 6.45) is 3.78. The van der Waals surface area contributed by atoms with Crippen molar-refractivity contribution >= 4 is 27.9 Å². The van der Waals surface area contributed by atoms with Crippen molar-refractivity contribution in [3.8, 4) is 5.75 Å². The third-order valence-electron chi connectivity index (χ3n) is 4.41. The molecule has 1 fully saturated rings. The Morgan fingerprint density at radius 2 is 1.69 bits per heavy atom. The van der Waals surface area contributed by atoms with Crippen molar-refractivity contribution in [1.82, 2.24) is 14.8 Å². The van der Waals surface area contributed by atoms with Crippen LogP contribution < -0.4 is 4.74 Å². The zero-order valence-corrected chi connectivity index (χ0v) is 17.7. The number of ether oxygens (including phenoxy) is 1. The van der Waals surface area contributed by atoms with Gasteiger partial charge in [-0.05, 0) is 29.8 Å². The second kappa shape index (κ2) is 11.5. The number of rotatable bonds is 5. The number of methoxy groups -OCH3 is 1. The zero-order valence-electron chi connectivity index (χ0n) is 16.1. The summed E-state index contributed by atoms with van der Waals surface area (Å²) >= 11 is 3.55. The molecule has 0 aliphatic carbocycles. The average Bonchev–Trinajstić information content (AvgIpc) is 2.71. The number of carbonyl (C=O) groups is 2. The monoisotopic (exact) mass is 465 g/mol. The number of hydrogen-bond donors (Lipinski definition) is 2. The van der Waals surface area contributed by atoms with Gasteiger partial charge in [0.25, 0.3) is 0 Å². The molecule has 9 heteroatoms. The molecule has 1 saturated heterocycles. The van der Waals surface area contributed by atoms with Crippen LogP contribution in [-0.4, -0.2) is 70.2 Å². The first-order valence-corrected chi connectivity index (χ1v) is 9.80. The van der Waals surface area contributed by atoms with E-state index in [1.54, 1.807) is 7.11 Å². The second-order valence-corrected chi connectivity index (χ2v) is 7.40. The maximum Gasteiger partial charge on any atom is 0.414 e. The van der Waals surface area contributed by atoms with E-state index in [1.807, 2.05) is 30.6 Å². The molecule has 156 valence electrons. The molecule has 0 radical (unpaired) electrons. The van der Waals surface area contributed by atoms with Crippen LogP contribution in [0.4, 0.5) is 0 Å². The van der Waals surface area contributed by atoms with Gasteiger partial charge < -0.3 is 14.9 Å². The lowest BCUT2D eigenvalue weighted by atomic mass is 10.1. The molecule has 1 aromatic carbocycles. The fourth-order valence-electron chi connectivity index (χ4n) is 2.97. The molecule has 1 aliphatic rings. The van der Waals surface area contributed by atoms with Gasteiger partial charge in [-0.3, -0.25) is 14.8 Å². The van der Waals surface area contributed by atoms with E-state index in [4.69, 9.17) is 24.5 Å². The van der Waals surface area contributed by atoms with Crippen LogP contribution in [0.15, 0.2) is 47.2 Å². The number of carboxylic acid groups (broad SMARTS) is 2. The number of benzene rings is 1. The highest BCUT2D eigenvalue weighted by Crippen LogP contribution is 2.24. The summed E-state index contributed by atoms with van der Waals surface area (Å²) in [5.74, 6) is -2.68. The van der Waals surface area contributed by atoms with Gasteiger partial charge in [-0.15, -0.1) is 0 Å². The summed E-state index contributed by atoms with van der Waals surface area (Å²) in [6.45, 7) is 6.26. The number of carboxylic acids is 2. The van der Waals surface area contributed by atoms with E-state index in [0.29, 0.717) is 0 Å². The Balaban J connectivity index is 0.000000438. The van der Waals surface area contributed by atoms with Crippen LogP contribution in [0.1, 0.15) is 11.1 Å². The van der Waals surface area contributed by atoms with Gasteiger partial charge in [0.05, 0.1) is 7.11 Å². The first kappa shape index (κ1) is 22.8. The third kappa shape index (κ3) is 7.80. The number of nitrogens with zero attached hydrogens (tertiary/aromatic N) is 3. The average molecular weight is 466 g/mol. The quantitative estimate of drug-likeness (QED) is 0.648. The van der Waals surface area contributed by atoms with Crippen molar-refractivity contribution in [3.05, 3.63) is 58.3 Å². The molecule has 2 N–H and O–H groups in total. The van der Waals surface area contributed by atoms with Gasteiger partial charge >= 0.3 is 11.9 Å². The molecule has 1 aliphatic heterocycles. The lowest BCUT2D eigenvalue weighted by Gasteiger charge is -2.34. The number of hydrogen-bond acceptors (Lipinski definition) is 6. The Labute approximate surface area is 177 Å². The summed E-state index contributed by atoms with van der Waals surface area (Å²) in [6, 6.07) is 10.4. The van der Waals surface area contributed by atoms with Gasteiger partial charge in [-0.25, -0.2) is 9.59 Å². The fraction of sp³-hybridized carbons (Fsp3) is 0.350.